The number of aromatic nitrogens is 2. The largest absolute Gasteiger partial charge is 0.379 e. The van der Waals surface area contributed by atoms with E-state index in [1.165, 1.54) is 19.4 Å². The Bertz CT molecular complexity index is 255. The highest BCUT2D eigenvalue weighted by Crippen LogP contribution is 2.09. The van der Waals surface area contributed by atoms with Crippen LogP contribution in [0.2, 0.25) is 0 Å². The van der Waals surface area contributed by atoms with Gasteiger partial charge >= 0.3 is 0 Å². The van der Waals surface area contributed by atoms with Gasteiger partial charge in [0.1, 0.15) is 0 Å². The van der Waals surface area contributed by atoms with Crippen LogP contribution in [-0.4, -0.2) is 35.9 Å². The first-order valence-electron chi connectivity index (χ1n) is 5.69. The van der Waals surface area contributed by atoms with Crippen molar-refractivity contribution in [1.29, 1.82) is 0 Å². The molecule has 1 unspecified atom stereocenters. The highest BCUT2D eigenvalue weighted by Gasteiger charge is 2.12. The number of hydrogen-bond donors (Lipinski definition) is 1. The van der Waals surface area contributed by atoms with Crippen molar-refractivity contribution in [2.75, 3.05) is 26.3 Å². The molecule has 0 spiro atoms. The smallest absolute Gasteiger partial charge is 0.0946 e. The summed E-state index contributed by atoms with van der Waals surface area (Å²) in [6.45, 7) is 4.87. The standard InChI is InChI=1S/C11H19N3O/c1-2-11(8-12-3-1)9-15-7-6-14-5-4-13-10-14/h4-5,10-12H,1-3,6-9H2. The Hall–Kier alpha value is -0.870. The molecule has 2 heterocycles. The summed E-state index contributed by atoms with van der Waals surface area (Å²) >= 11 is 0. The van der Waals surface area contributed by atoms with Gasteiger partial charge in [-0.3, -0.25) is 0 Å². The van der Waals surface area contributed by atoms with Crippen LogP contribution < -0.4 is 5.32 Å². The summed E-state index contributed by atoms with van der Waals surface area (Å²) < 4.78 is 7.70. The van der Waals surface area contributed by atoms with Gasteiger partial charge < -0.3 is 14.6 Å². The Morgan fingerprint density at radius 3 is 3.27 bits per heavy atom. The first-order valence-corrected chi connectivity index (χ1v) is 5.69. The highest BCUT2D eigenvalue weighted by atomic mass is 16.5. The van der Waals surface area contributed by atoms with E-state index in [0.29, 0.717) is 5.92 Å². The molecule has 0 aliphatic carbocycles. The van der Waals surface area contributed by atoms with Crippen LogP contribution >= 0.6 is 0 Å². The number of ether oxygens (including phenoxy) is 1. The van der Waals surface area contributed by atoms with Crippen molar-refractivity contribution < 1.29 is 4.74 Å². The van der Waals surface area contributed by atoms with Crippen LogP contribution in [0.5, 0.6) is 0 Å². The summed E-state index contributed by atoms with van der Waals surface area (Å²) in [5, 5.41) is 3.39. The van der Waals surface area contributed by atoms with Gasteiger partial charge in [-0.1, -0.05) is 0 Å². The second-order valence-electron chi connectivity index (χ2n) is 4.09. The summed E-state index contributed by atoms with van der Waals surface area (Å²) in [6.07, 6.45) is 8.18. The lowest BCUT2D eigenvalue weighted by molar-refractivity contribution is 0.0842. The molecule has 1 atom stereocenters. The molecular weight excluding hydrogens is 190 g/mol. The van der Waals surface area contributed by atoms with Gasteiger partial charge in [-0.15, -0.1) is 0 Å². The van der Waals surface area contributed by atoms with Crippen molar-refractivity contribution in [2.45, 2.75) is 19.4 Å². The summed E-state index contributed by atoms with van der Waals surface area (Å²) in [6, 6.07) is 0. The molecule has 0 saturated carbocycles. The number of imidazole rings is 1. The predicted octanol–water partition coefficient (Wildman–Crippen LogP) is 0.899. The molecule has 1 N–H and O–H groups in total. The Labute approximate surface area is 90.6 Å². The highest BCUT2D eigenvalue weighted by molar-refractivity contribution is 4.73. The minimum Gasteiger partial charge on any atom is -0.379 e. The van der Waals surface area contributed by atoms with E-state index in [9.17, 15) is 0 Å². The summed E-state index contributed by atoms with van der Waals surface area (Å²) in [5.74, 6) is 0.710. The van der Waals surface area contributed by atoms with Gasteiger partial charge in [0.05, 0.1) is 19.5 Å². The van der Waals surface area contributed by atoms with E-state index < -0.39 is 0 Å². The zero-order valence-corrected chi connectivity index (χ0v) is 9.06. The number of rotatable bonds is 5. The monoisotopic (exact) mass is 209 g/mol. The molecule has 0 radical (unpaired) electrons. The molecule has 4 heteroatoms. The fourth-order valence-corrected chi connectivity index (χ4v) is 1.91. The van der Waals surface area contributed by atoms with Gasteiger partial charge in [-0.2, -0.15) is 0 Å². The topological polar surface area (TPSA) is 39.1 Å². The minimum absolute atomic E-state index is 0.710. The summed E-state index contributed by atoms with van der Waals surface area (Å²) in [7, 11) is 0. The Balaban J connectivity index is 1.54. The van der Waals surface area contributed by atoms with Crippen LogP contribution in [0, 0.1) is 5.92 Å². The zero-order valence-electron chi connectivity index (χ0n) is 9.06. The van der Waals surface area contributed by atoms with Gasteiger partial charge in [0.15, 0.2) is 0 Å². The average molecular weight is 209 g/mol. The maximum absolute atomic E-state index is 5.66. The molecule has 1 aromatic heterocycles. The summed E-state index contributed by atoms with van der Waals surface area (Å²) in [5.41, 5.74) is 0. The molecule has 0 aromatic carbocycles. The van der Waals surface area contributed by atoms with Gasteiger partial charge in [0, 0.05) is 25.5 Å². The van der Waals surface area contributed by atoms with E-state index in [1.807, 2.05) is 17.1 Å². The first kappa shape index (κ1) is 10.6. The number of nitrogens with one attached hydrogen (secondary N) is 1. The van der Waals surface area contributed by atoms with Crippen LogP contribution in [0.3, 0.4) is 0 Å². The molecule has 15 heavy (non-hydrogen) atoms. The molecule has 1 saturated heterocycles. The second kappa shape index (κ2) is 5.88. The van der Waals surface area contributed by atoms with Gasteiger partial charge in [0.25, 0.3) is 0 Å². The minimum atomic E-state index is 0.710. The van der Waals surface area contributed by atoms with Crippen molar-refractivity contribution in [3.63, 3.8) is 0 Å². The van der Waals surface area contributed by atoms with Gasteiger partial charge in [0.2, 0.25) is 0 Å². The lowest BCUT2D eigenvalue weighted by atomic mass is 10.0. The molecule has 0 bridgehead atoms. The van der Waals surface area contributed by atoms with E-state index in [2.05, 4.69) is 10.3 Å². The van der Waals surface area contributed by atoms with E-state index in [-0.39, 0.29) is 0 Å². The molecule has 1 fully saturated rings. The van der Waals surface area contributed by atoms with Crippen LogP contribution in [0.25, 0.3) is 0 Å². The third kappa shape index (κ3) is 3.64. The lowest BCUT2D eigenvalue weighted by Gasteiger charge is -2.22. The second-order valence-corrected chi connectivity index (χ2v) is 4.09. The third-order valence-corrected chi connectivity index (χ3v) is 2.81. The van der Waals surface area contributed by atoms with Crippen molar-refractivity contribution in [3.05, 3.63) is 18.7 Å². The Morgan fingerprint density at radius 2 is 2.53 bits per heavy atom. The fourth-order valence-electron chi connectivity index (χ4n) is 1.91. The molecule has 84 valence electrons. The van der Waals surface area contributed by atoms with Crippen LogP contribution in [-0.2, 0) is 11.3 Å². The van der Waals surface area contributed by atoms with E-state index in [1.54, 1.807) is 6.20 Å². The molecule has 1 aliphatic rings. The van der Waals surface area contributed by atoms with Crippen molar-refractivity contribution >= 4 is 0 Å². The Kier molecular flexibility index (Phi) is 4.17. The molecule has 4 nitrogen and oxygen atoms in total. The number of piperidine rings is 1. The average Bonchev–Trinajstić information content (AvgIpc) is 2.79. The van der Waals surface area contributed by atoms with Gasteiger partial charge in [-0.05, 0) is 25.3 Å². The van der Waals surface area contributed by atoms with E-state index >= 15 is 0 Å². The predicted molar refractivity (Wildman–Crippen MR) is 58.6 cm³/mol. The SMILES string of the molecule is c1cn(CCOCC2CCCNC2)cn1. The van der Waals surface area contributed by atoms with E-state index in [0.717, 1.165) is 26.3 Å². The molecular formula is C11H19N3O. The fraction of sp³-hybridized carbons (Fsp3) is 0.727. The van der Waals surface area contributed by atoms with Crippen molar-refractivity contribution in [3.8, 4) is 0 Å². The molecule has 0 amide bonds. The van der Waals surface area contributed by atoms with Crippen LogP contribution in [0.15, 0.2) is 18.7 Å². The number of nitrogens with zero attached hydrogens (tertiary/aromatic N) is 2. The molecule has 1 aliphatic heterocycles. The van der Waals surface area contributed by atoms with Crippen molar-refractivity contribution in [2.24, 2.45) is 5.92 Å². The molecule has 1 aromatic rings. The maximum atomic E-state index is 5.66. The molecule has 2 rings (SSSR count). The van der Waals surface area contributed by atoms with Crippen LogP contribution in [0.1, 0.15) is 12.8 Å². The normalized spacial score (nSPS) is 21.7. The maximum Gasteiger partial charge on any atom is 0.0946 e. The third-order valence-electron chi connectivity index (χ3n) is 2.81. The van der Waals surface area contributed by atoms with E-state index in [4.69, 9.17) is 4.74 Å². The first-order chi connectivity index (χ1) is 7.45. The quantitative estimate of drug-likeness (QED) is 0.732. The Morgan fingerprint density at radius 1 is 1.53 bits per heavy atom. The van der Waals surface area contributed by atoms with Crippen LogP contribution in [0.4, 0.5) is 0 Å². The van der Waals surface area contributed by atoms with Gasteiger partial charge in [-0.25, -0.2) is 4.98 Å². The zero-order chi connectivity index (χ0) is 10.3. The van der Waals surface area contributed by atoms with Crippen molar-refractivity contribution in [1.82, 2.24) is 14.9 Å². The lowest BCUT2D eigenvalue weighted by Crippen LogP contribution is -2.32. The number of hydrogen-bond acceptors (Lipinski definition) is 3. The summed E-state index contributed by atoms with van der Waals surface area (Å²) in [4.78, 5) is 3.99.